The van der Waals surface area contributed by atoms with E-state index in [1.165, 1.54) is 32.1 Å². The standard InChI is InChI=1S/C16H32N2O/c1-16(2,3)12-5-6-14(17)15(11-12)18-9-7-13(19-4)8-10-18/h12-15H,5-11,17H2,1-4H3. The average Bonchev–Trinajstić information content (AvgIpc) is 2.38. The Kier molecular flexibility index (Phi) is 4.91. The number of piperidine rings is 1. The first-order valence-electron chi connectivity index (χ1n) is 7.94. The predicted molar refractivity (Wildman–Crippen MR) is 80.2 cm³/mol. The summed E-state index contributed by atoms with van der Waals surface area (Å²) in [5.74, 6) is 0.817. The monoisotopic (exact) mass is 268 g/mol. The Morgan fingerprint density at radius 3 is 2.21 bits per heavy atom. The molecule has 1 aliphatic heterocycles. The van der Waals surface area contributed by atoms with Crippen LogP contribution < -0.4 is 5.73 Å². The van der Waals surface area contributed by atoms with E-state index in [1.54, 1.807) is 0 Å². The van der Waals surface area contributed by atoms with Crippen LogP contribution in [0.5, 0.6) is 0 Å². The van der Waals surface area contributed by atoms with Crippen LogP contribution in [0.2, 0.25) is 0 Å². The molecule has 0 amide bonds. The summed E-state index contributed by atoms with van der Waals surface area (Å²) in [6.07, 6.45) is 6.57. The van der Waals surface area contributed by atoms with Crippen molar-refractivity contribution in [2.45, 2.75) is 71.1 Å². The third-order valence-electron chi connectivity index (χ3n) is 5.37. The van der Waals surface area contributed by atoms with Crippen LogP contribution in [0.25, 0.3) is 0 Å². The molecule has 3 nitrogen and oxygen atoms in total. The first kappa shape index (κ1) is 15.3. The Bertz CT molecular complexity index is 279. The minimum absolute atomic E-state index is 0.373. The summed E-state index contributed by atoms with van der Waals surface area (Å²) in [7, 11) is 1.84. The van der Waals surface area contributed by atoms with Crippen LogP contribution >= 0.6 is 0 Å². The van der Waals surface area contributed by atoms with Gasteiger partial charge in [-0.3, -0.25) is 4.90 Å². The summed E-state index contributed by atoms with van der Waals surface area (Å²) < 4.78 is 5.47. The number of hydrogen-bond donors (Lipinski definition) is 1. The molecule has 19 heavy (non-hydrogen) atoms. The van der Waals surface area contributed by atoms with E-state index in [2.05, 4.69) is 25.7 Å². The second-order valence-corrected chi connectivity index (χ2v) is 7.58. The van der Waals surface area contributed by atoms with Crippen molar-refractivity contribution >= 4 is 0 Å². The molecule has 2 fully saturated rings. The maximum atomic E-state index is 6.41. The molecule has 1 saturated carbocycles. The van der Waals surface area contributed by atoms with E-state index in [-0.39, 0.29) is 0 Å². The van der Waals surface area contributed by atoms with Gasteiger partial charge in [0, 0.05) is 32.3 Å². The normalized spacial score (nSPS) is 35.5. The van der Waals surface area contributed by atoms with E-state index in [9.17, 15) is 0 Å². The smallest absolute Gasteiger partial charge is 0.0595 e. The number of nitrogens with zero attached hydrogens (tertiary/aromatic N) is 1. The zero-order chi connectivity index (χ0) is 14.0. The lowest BCUT2D eigenvalue weighted by atomic mass is 9.69. The van der Waals surface area contributed by atoms with Crippen LogP contribution in [-0.4, -0.2) is 43.3 Å². The fraction of sp³-hybridized carbons (Fsp3) is 1.00. The van der Waals surface area contributed by atoms with Crippen molar-refractivity contribution in [1.82, 2.24) is 4.90 Å². The highest BCUT2D eigenvalue weighted by atomic mass is 16.5. The number of ether oxygens (including phenoxy) is 1. The Morgan fingerprint density at radius 1 is 1.05 bits per heavy atom. The maximum absolute atomic E-state index is 6.41. The van der Waals surface area contributed by atoms with Crippen molar-refractivity contribution in [3.05, 3.63) is 0 Å². The lowest BCUT2D eigenvalue weighted by Gasteiger charge is -2.47. The van der Waals surface area contributed by atoms with Gasteiger partial charge in [0.25, 0.3) is 0 Å². The van der Waals surface area contributed by atoms with Gasteiger partial charge in [-0.15, -0.1) is 0 Å². The maximum Gasteiger partial charge on any atom is 0.0595 e. The highest BCUT2D eigenvalue weighted by Gasteiger charge is 2.38. The number of nitrogens with two attached hydrogens (primary N) is 1. The molecule has 3 heteroatoms. The number of methoxy groups -OCH3 is 1. The van der Waals surface area contributed by atoms with E-state index in [4.69, 9.17) is 10.5 Å². The van der Waals surface area contributed by atoms with Gasteiger partial charge in [-0.1, -0.05) is 20.8 Å². The van der Waals surface area contributed by atoms with Crippen LogP contribution in [0.15, 0.2) is 0 Å². The summed E-state index contributed by atoms with van der Waals surface area (Å²) in [5, 5.41) is 0. The summed E-state index contributed by atoms with van der Waals surface area (Å²) in [5.41, 5.74) is 6.83. The van der Waals surface area contributed by atoms with Crippen molar-refractivity contribution in [1.29, 1.82) is 0 Å². The van der Waals surface area contributed by atoms with E-state index >= 15 is 0 Å². The van der Waals surface area contributed by atoms with Gasteiger partial charge in [0.2, 0.25) is 0 Å². The van der Waals surface area contributed by atoms with Gasteiger partial charge in [-0.2, -0.15) is 0 Å². The molecule has 0 aromatic rings. The lowest BCUT2D eigenvalue weighted by molar-refractivity contribution is 0.00278. The molecule has 112 valence electrons. The van der Waals surface area contributed by atoms with Crippen LogP contribution in [0.4, 0.5) is 0 Å². The fourth-order valence-electron chi connectivity index (χ4n) is 3.82. The molecule has 2 aliphatic rings. The van der Waals surface area contributed by atoms with Crippen molar-refractivity contribution < 1.29 is 4.74 Å². The van der Waals surface area contributed by atoms with Crippen LogP contribution in [0, 0.1) is 11.3 Å². The average molecular weight is 268 g/mol. The Morgan fingerprint density at radius 2 is 1.68 bits per heavy atom. The SMILES string of the molecule is COC1CCN(C2CC(C(C)(C)C)CCC2N)CC1. The number of rotatable bonds is 2. The molecule has 2 N–H and O–H groups in total. The summed E-state index contributed by atoms with van der Waals surface area (Å²) >= 11 is 0. The quantitative estimate of drug-likeness (QED) is 0.837. The highest BCUT2D eigenvalue weighted by Crippen LogP contribution is 2.39. The number of hydrogen-bond acceptors (Lipinski definition) is 3. The van der Waals surface area contributed by atoms with Crippen molar-refractivity contribution in [2.24, 2.45) is 17.1 Å². The molecule has 1 saturated heterocycles. The minimum atomic E-state index is 0.373. The van der Waals surface area contributed by atoms with Gasteiger partial charge in [-0.25, -0.2) is 0 Å². The second kappa shape index (κ2) is 6.11. The second-order valence-electron chi connectivity index (χ2n) is 7.58. The van der Waals surface area contributed by atoms with E-state index in [0.29, 0.717) is 23.6 Å². The molecule has 2 rings (SSSR count). The first-order chi connectivity index (χ1) is 8.91. The Balaban J connectivity index is 1.94. The molecule has 0 radical (unpaired) electrons. The Hall–Kier alpha value is -0.120. The van der Waals surface area contributed by atoms with E-state index in [1.807, 2.05) is 7.11 Å². The zero-order valence-corrected chi connectivity index (χ0v) is 13.2. The molecule has 3 atom stereocenters. The van der Waals surface area contributed by atoms with Crippen LogP contribution in [-0.2, 0) is 4.74 Å². The molecule has 0 aromatic carbocycles. The van der Waals surface area contributed by atoms with Gasteiger partial charge < -0.3 is 10.5 Å². The Labute approximate surface area is 118 Å². The molecule has 1 heterocycles. The summed E-state index contributed by atoms with van der Waals surface area (Å²) in [6, 6.07) is 0.966. The zero-order valence-electron chi connectivity index (χ0n) is 13.2. The van der Waals surface area contributed by atoms with Gasteiger partial charge >= 0.3 is 0 Å². The molecule has 1 aliphatic carbocycles. The third kappa shape index (κ3) is 3.71. The molecular formula is C16H32N2O. The van der Waals surface area contributed by atoms with Crippen molar-refractivity contribution in [3.8, 4) is 0 Å². The molecule has 0 spiro atoms. The van der Waals surface area contributed by atoms with Crippen LogP contribution in [0.1, 0.15) is 52.9 Å². The number of likely N-dealkylation sites (tertiary alicyclic amines) is 1. The highest BCUT2D eigenvalue weighted by molar-refractivity contribution is 4.94. The summed E-state index contributed by atoms with van der Waals surface area (Å²) in [6.45, 7) is 9.45. The fourth-order valence-corrected chi connectivity index (χ4v) is 3.82. The van der Waals surface area contributed by atoms with Gasteiger partial charge in [-0.05, 0) is 43.4 Å². The minimum Gasteiger partial charge on any atom is -0.381 e. The molecular weight excluding hydrogens is 236 g/mol. The van der Waals surface area contributed by atoms with Gasteiger partial charge in [0.05, 0.1) is 6.10 Å². The summed E-state index contributed by atoms with van der Waals surface area (Å²) in [4.78, 5) is 2.64. The third-order valence-corrected chi connectivity index (χ3v) is 5.37. The molecule has 0 bridgehead atoms. The molecule has 3 unspecified atom stereocenters. The van der Waals surface area contributed by atoms with E-state index in [0.717, 1.165) is 19.0 Å². The first-order valence-corrected chi connectivity index (χ1v) is 7.94. The van der Waals surface area contributed by atoms with Crippen LogP contribution in [0.3, 0.4) is 0 Å². The van der Waals surface area contributed by atoms with Gasteiger partial charge in [0.1, 0.15) is 0 Å². The predicted octanol–water partition coefficient (Wildman–Crippen LogP) is 2.64. The van der Waals surface area contributed by atoms with Crippen molar-refractivity contribution in [3.63, 3.8) is 0 Å². The largest absolute Gasteiger partial charge is 0.381 e. The van der Waals surface area contributed by atoms with Crippen molar-refractivity contribution in [2.75, 3.05) is 20.2 Å². The van der Waals surface area contributed by atoms with E-state index < -0.39 is 0 Å². The topological polar surface area (TPSA) is 38.5 Å². The lowest BCUT2D eigenvalue weighted by Crippen LogP contribution is -2.55. The van der Waals surface area contributed by atoms with Gasteiger partial charge in [0.15, 0.2) is 0 Å². The molecule has 0 aromatic heterocycles.